The minimum Gasteiger partial charge on any atom is -0.272 e. The first-order valence-electron chi connectivity index (χ1n) is 4.45. The largest absolute Gasteiger partial charge is 0.352 e. The summed E-state index contributed by atoms with van der Waals surface area (Å²) in [6.45, 7) is 2.90. The third kappa shape index (κ3) is 2.12. The van der Waals surface area contributed by atoms with Crippen LogP contribution in [0.5, 0.6) is 0 Å². The van der Waals surface area contributed by atoms with Gasteiger partial charge in [0.2, 0.25) is 0 Å². The molecular formula is C7H12N6O. The number of hydrogen-bond donors (Lipinski definition) is 2. The van der Waals surface area contributed by atoms with Gasteiger partial charge in [-0.15, -0.1) is 0 Å². The van der Waals surface area contributed by atoms with Crippen molar-refractivity contribution in [3.8, 4) is 0 Å². The van der Waals surface area contributed by atoms with Crippen molar-refractivity contribution in [3.63, 3.8) is 0 Å². The Labute approximate surface area is 81.4 Å². The molecule has 0 fully saturated rings. The molecule has 0 aliphatic carbocycles. The second-order valence-corrected chi connectivity index (χ2v) is 2.98. The van der Waals surface area contributed by atoms with Crippen molar-refractivity contribution in [1.82, 2.24) is 20.9 Å². The van der Waals surface area contributed by atoms with Gasteiger partial charge in [0.1, 0.15) is 12.7 Å². The van der Waals surface area contributed by atoms with Crippen LogP contribution >= 0.6 is 0 Å². The van der Waals surface area contributed by atoms with Crippen LogP contribution in [0.2, 0.25) is 0 Å². The molecule has 0 aromatic rings. The monoisotopic (exact) mass is 196 g/mol. The number of rotatable bonds is 2. The van der Waals surface area contributed by atoms with Gasteiger partial charge in [0, 0.05) is 0 Å². The molecule has 2 aliphatic rings. The Hall–Kier alpha value is -1.79. The summed E-state index contributed by atoms with van der Waals surface area (Å²) < 4.78 is 0. The lowest BCUT2D eigenvalue weighted by Gasteiger charge is -2.19. The number of carbonyl (C=O) groups is 1. The Morgan fingerprint density at radius 1 is 1.07 bits per heavy atom. The van der Waals surface area contributed by atoms with E-state index in [9.17, 15) is 4.79 Å². The Balaban J connectivity index is 1.72. The number of nitrogens with one attached hydrogen (secondary N) is 2. The van der Waals surface area contributed by atoms with Gasteiger partial charge in [-0.05, 0) is 0 Å². The highest BCUT2D eigenvalue weighted by Gasteiger charge is 2.12. The molecule has 0 aromatic carbocycles. The molecule has 0 saturated carbocycles. The number of hydrazine groups is 2. The smallest absolute Gasteiger partial charge is 0.272 e. The molecule has 0 unspecified atom stereocenters. The van der Waals surface area contributed by atoms with Crippen molar-refractivity contribution in [2.24, 2.45) is 9.98 Å². The second-order valence-electron chi connectivity index (χ2n) is 2.98. The Morgan fingerprint density at radius 2 is 1.57 bits per heavy atom. The molecule has 76 valence electrons. The molecule has 7 heteroatoms. The second kappa shape index (κ2) is 3.95. The van der Waals surface area contributed by atoms with E-state index in [0.29, 0.717) is 0 Å². The molecule has 0 saturated heterocycles. The predicted octanol–water partition coefficient (Wildman–Crippen LogP) is -1.20. The summed E-state index contributed by atoms with van der Waals surface area (Å²) in [4.78, 5) is 19.3. The van der Waals surface area contributed by atoms with Gasteiger partial charge in [-0.25, -0.2) is 15.6 Å². The zero-order valence-corrected chi connectivity index (χ0v) is 7.68. The first-order chi connectivity index (χ1) is 6.84. The van der Waals surface area contributed by atoms with Gasteiger partial charge in [0.25, 0.3) is 0 Å². The fourth-order valence-corrected chi connectivity index (χ4v) is 1.21. The van der Waals surface area contributed by atoms with Gasteiger partial charge in [0.05, 0.1) is 26.2 Å². The summed E-state index contributed by atoms with van der Waals surface area (Å²) in [5, 5.41) is 3.28. The van der Waals surface area contributed by atoms with Crippen molar-refractivity contribution in [2.45, 2.75) is 0 Å². The molecule has 0 aromatic heterocycles. The van der Waals surface area contributed by atoms with E-state index in [2.05, 4.69) is 20.8 Å². The predicted molar refractivity (Wildman–Crippen MR) is 51.8 cm³/mol. The maximum atomic E-state index is 11.3. The number of amides is 2. The van der Waals surface area contributed by atoms with E-state index < -0.39 is 0 Å². The van der Waals surface area contributed by atoms with Crippen LogP contribution in [-0.4, -0.2) is 54.9 Å². The summed E-state index contributed by atoms with van der Waals surface area (Å²) in [7, 11) is 0. The van der Waals surface area contributed by atoms with E-state index in [1.165, 1.54) is 0 Å². The molecule has 2 rings (SSSR count). The summed E-state index contributed by atoms with van der Waals surface area (Å²) in [6.07, 6.45) is 3.22. The van der Waals surface area contributed by atoms with Gasteiger partial charge in [-0.3, -0.25) is 20.0 Å². The quantitative estimate of drug-likeness (QED) is 0.583. The van der Waals surface area contributed by atoms with Crippen molar-refractivity contribution >= 4 is 18.7 Å². The van der Waals surface area contributed by atoms with Crippen LogP contribution in [-0.2, 0) is 0 Å². The first-order valence-corrected chi connectivity index (χ1v) is 4.45. The number of nitrogens with zero attached hydrogens (tertiary/aromatic N) is 4. The number of urea groups is 1. The zero-order valence-electron chi connectivity index (χ0n) is 7.68. The highest BCUT2D eigenvalue weighted by molar-refractivity contribution is 5.77. The number of aliphatic imine (C=N–C) groups is 2. The molecule has 2 heterocycles. The maximum absolute atomic E-state index is 11.3. The normalized spacial score (nSPS) is 19.1. The van der Waals surface area contributed by atoms with Crippen LogP contribution in [0.1, 0.15) is 0 Å². The van der Waals surface area contributed by atoms with Crippen LogP contribution in [0, 0.1) is 0 Å². The summed E-state index contributed by atoms with van der Waals surface area (Å²) in [6, 6.07) is -0.272. The minimum atomic E-state index is -0.272. The Bertz CT molecular complexity index is 249. The lowest BCUT2D eigenvalue weighted by molar-refractivity contribution is 0.202. The van der Waals surface area contributed by atoms with Gasteiger partial charge in [0.15, 0.2) is 0 Å². The molecule has 2 aliphatic heterocycles. The van der Waals surface area contributed by atoms with E-state index in [4.69, 9.17) is 0 Å². The third-order valence-electron chi connectivity index (χ3n) is 1.87. The molecule has 2 N–H and O–H groups in total. The van der Waals surface area contributed by atoms with Crippen LogP contribution in [0.4, 0.5) is 4.79 Å². The SMILES string of the molecule is O=C(NN1C=NCC1)NN1C=NCC1. The fraction of sp³-hybridized carbons (Fsp3) is 0.571. The molecule has 14 heavy (non-hydrogen) atoms. The zero-order chi connectivity index (χ0) is 9.80. The van der Waals surface area contributed by atoms with Crippen LogP contribution in [0.3, 0.4) is 0 Å². The van der Waals surface area contributed by atoms with E-state index in [1.807, 2.05) is 0 Å². The lowest BCUT2D eigenvalue weighted by Crippen LogP contribution is -2.51. The molecule has 0 bridgehead atoms. The van der Waals surface area contributed by atoms with Crippen molar-refractivity contribution < 1.29 is 4.79 Å². The summed E-state index contributed by atoms with van der Waals surface area (Å²) in [5.74, 6) is 0. The molecule has 0 radical (unpaired) electrons. The molecule has 2 amide bonds. The van der Waals surface area contributed by atoms with Crippen molar-refractivity contribution in [3.05, 3.63) is 0 Å². The lowest BCUT2D eigenvalue weighted by atomic mass is 10.7. The van der Waals surface area contributed by atoms with Gasteiger partial charge < -0.3 is 0 Å². The van der Waals surface area contributed by atoms with E-state index in [-0.39, 0.29) is 6.03 Å². The summed E-state index contributed by atoms with van der Waals surface area (Å²) >= 11 is 0. The Morgan fingerprint density at radius 3 is 1.93 bits per heavy atom. The van der Waals surface area contributed by atoms with Crippen LogP contribution < -0.4 is 10.9 Å². The van der Waals surface area contributed by atoms with E-state index in [1.54, 1.807) is 22.7 Å². The van der Waals surface area contributed by atoms with Crippen LogP contribution in [0.25, 0.3) is 0 Å². The molecular weight excluding hydrogens is 184 g/mol. The van der Waals surface area contributed by atoms with Gasteiger partial charge in [-0.2, -0.15) is 0 Å². The van der Waals surface area contributed by atoms with E-state index >= 15 is 0 Å². The first kappa shape index (κ1) is 8.79. The van der Waals surface area contributed by atoms with Crippen LogP contribution in [0.15, 0.2) is 9.98 Å². The third-order valence-corrected chi connectivity index (χ3v) is 1.87. The highest BCUT2D eigenvalue weighted by Crippen LogP contribution is 1.90. The average molecular weight is 196 g/mol. The van der Waals surface area contributed by atoms with Gasteiger partial charge >= 0.3 is 6.03 Å². The molecule has 0 atom stereocenters. The number of carbonyl (C=O) groups excluding carboxylic acids is 1. The fourth-order valence-electron chi connectivity index (χ4n) is 1.21. The minimum absolute atomic E-state index is 0.272. The average Bonchev–Trinajstić information content (AvgIpc) is 2.76. The number of hydrogen-bond acceptors (Lipinski definition) is 5. The van der Waals surface area contributed by atoms with Crippen molar-refractivity contribution in [1.29, 1.82) is 0 Å². The molecule has 7 nitrogen and oxygen atoms in total. The van der Waals surface area contributed by atoms with Gasteiger partial charge in [-0.1, -0.05) is 0 Å². The highest BCUT2D eigenvalue weighted by atomic mass is 16.2. The van der Waals surface area contributed by atoms with Crippen molar-refractivity contribution in [2.75, 3.05) is 26.2 Å². The van der Waals surface area contributed by atoms with E-state index in [0.717, 1.165) is 26.2 Å². The standard InChI is InChI=1S/C7H12N6O/c14-7(10-12-3-1-8-5-12)11-13-4-2-9-6-13/h5-6H,1-4H2,(H2,10,11,14). The topological polar surface area (TPSA) is 72.3 Å². The summed E-state index contributed by atoms with van der Waals surface area (Å²) in [5.41, 5.74) is 5.27. The molecule has 0 spiro atoms. The Kier molecular flexibility index (Phi) is 2.48. The maximum Gasteiger partial charge on any atom is 0.352 e.